The Bertz CT molecular complexity index is 3340. The standard InChI is InChI=1S/C64H45N/c1-63(2)54-39-38-49(65(47-34-30-44(31-35-47)42-18-6-3-7-19-42)48-36-32-45(33-37-48)43-20-8-4-9-21-43)40-53(54)62-58(63)41-59-61(60(62)46-22-10-5-11-23-46)52-26-14-17-29-57(52)64(59)55-27-15-12-24-50(55)51-25-13-16-28-56(51)64/h3-41H,1-2H3. The Balaban J connectivity index is 1.06. The van der Waals surface area contributed by atoms with Gasteiger partial charge in [0.15, 0.2) is 0 Å². The molecule has 0 amide bonds. The maximum Gasteiger partial charge on any atom is 0.0725 e. The highest BCUT2D eigenvalue weighted by atomic mass is 15.1. The lowest BCUT2D eigenvalue weighted by atomic mass is 9.69. The fourth-order valence-corrected chi connectivity index (χ4v) is 11.8. The smallest absolute Gasteiger partial charge is 0.0725 e. The zero-order valence-corrected chi connectivity index (χ0v) is 36.5. The van der Waals surface area contributed by atoms with Crippen molar-refractivity contribution in [3.63, 3.8) is 0 Å². The van der Waals surface area contributed by atoms with E-state index in [1.165, 1.54) is 100 Å². The van der Waals surface area contributed by atoms with E-state index in [2.05, 4.69) is 255 Å². The molecule has 1 nitrogen and oxygen atoms in total. The summed E-state index contributed by atoms with van der Waals surface area (Å²) < 4.78 is 0. The van der Waals surface area contributed by atoms with Crippen LogP contribution in [0.25, 0.3) is 66.8 Å². The van der Waals surface area contributed by atoms with Gasteiger partial charge in [0.1, 0.15) is 0 Å². The minimum atomic E-state index is -0.442. The van der Waals surface area contributed by atoms with Crippen molar-refractivity contribution in [2.24, 2.45) is 0 Å². The highest BCUT2D eigenvalue weighted by Gasteiger charge is 2.54. The summed E-state index contributed by atoms with van der Waals surface area (Å²) in [4.78, 5) is 2.43. The van der Waals surface area contributed by atoms with E-state index in [9.17, 15) is 0 Å². The Morgan fingerprint density at radius 2 is 0.662 bits per heavy atom. The number of fused-ring (bicyclic) bond motifs is 13. The average Bonchev–Trinajstić information content (AvgIpc) is 3.93. The molecule has 65 heavy (non-hydrogen) atoms. The zero-order chi connectivity index (χ0) is 43.3. The third-order valence-corrected chi connectivity index (χ3v) is 14.7. The van der Waals surface area contributed by atoms with Gasteiger partial charge in [0, 0.05) is 22.5 Å². The van der Waals surface area contributed by atoms with Crippen molar-refractivity contribution in [1.82, 2.24) is 0 Å². The van der Waals surface area contributed by atoms with E-state index in [-0.39, 0.29) is 5.41 Å². The Morgan fingerprint density at radius 3 is 1.18 bits per heavy atom. The molecule has 13 rings (SSSR count). The summed E-state index contributed by atoms with van der Waals surface area (Å²) in [5, 5.41) is 0. The van der Waals surface area contributed by atoms with Gasteiger partial charge in [-0.3, -0.25) is 0 Å². The molecule has 0 heterocycles. The van der Waals surface area contributed by atoms with Crippen LogP contribution >= 0.6 is 0 Å². The minimum Gasteiger partial charge on any atom is -0.310 e. The number of benzene rings is 10. The Hall–Kier alpha value is -8.00. The monoisotopic (exact) mass is 827 g/mol. The van der Waals surface area contributed by atoms with Crippen LogP contribution in [0.4, 0.5) is 17.1 Å². The van der Waals surface area contributed by atoms with E-state index in [0.29, 0.717) is 0 Å². The van der Waals surface area contributed by atoms with Gasteiger partial charge in [-0.25, -0.2) is 0 Å². The average molecular weight is 828 g/mol. The molecule has 0 N–H and O–H groups in total. The summed E-state index contributed by atoms with van der Waals surface area (Å²) in [5.41, 5.74) is 26.2. The highest BCUT2D eigenvalue weighted by molar-refractivity contribution is 6.07. The van der Waals surface area contributed by atoms with Crippen LogP contribution in [-0.2, 0) is 10.8 Å². The number of hydrogen-bond donors (Lipinski definition) is 0. The third kappa shape index (κ3) is 5.39. The molecule has 0 unspecified atom stereocenters. The number of rotatable bonds is 6. The van der Waals surface area contributed by atoms with Gasteiger partial charge < -0.3 is 4.90 Å². The molecule has 0 aliphatic heterocycles. The zero-order valence-electron chi connectivity index (χ0n) is 36.5. The van der Waals surface area contributed by atoms with Crippen LogP contribution in [-0.4, -0.2) is 0 Å². The van der Waals surface area contributed by atoms with Gasteiger partial charge >= 0.3 is 0 Å². The van der Waals surface area contributed by atoms with Crippen molar-refractivity contribution in [2.75, 3.05) is 4.90 Å². The Labute approximate surface area is 381 Å². The van der Waals surface area contributed by atoms with Crippen LogP contribution in [0.3, 0.4) is 0 Å². The Kier molecular flexibility index (Phi) is 8.24. The first kappa shape index (κ1) is 37.5. The van der Waals surface area contributed by atoms with Crippen molar-refractivity contribution < 1.29 is 0 Å². The van der Waals surface area contributed by atoms with Gasteiger partial charge in [-0.05, 0) is 137 Å². The van der Waals surface area contributed by atoms with Gasteiger partial charge in [-0.2, -0.15) is 0 Å². The fourth-order valence-electron chi connectivity index (χ4n) is 11.8. The van der Waals surface area contributed by atoms with Gasteiger partial charge in [0.2, 0.25) is 0 Å². The second-order valence-corrected chi connectivity index (χ2v) is 18.4. The first-order valence-corrected chi connectivity index (χ1v) is 22.8. The maximum absolute atomic E-state index is 2.62. The number of hydrogen-bond acceptors (Lipinski definition) is 1. The molecular formula is C64H45N. The van der Waals surface area contributed by atoms with Gasteiger partial charge in [-0.15, -0.1) is 0 Å². The predicted molar refractivity (Wildman–Crippen MR) is 271 cm³/mol. The normalized spacial score (nSPS) is 13.9. The van der Waals surface area contributed by atoms with Crippen LogP contribution in [0, 0.1) is 0 Å². The van der Waals surface area contributed by atoms with Crippen LogP contribution in [0.5, 0.6) is 0 Å². The third-order valence-electron chi connectivity index (χ3n) is 14.7. The molecule has 0 saturated heterocycles. The van der Waals surface area contributed by atoms with E-state index >= 15 is 0 Å². The van der Waals surface area contributed by atoms with Crippen molar-refractivity contribution >= 4 is 17.1 Å². The van der Waals surface area contributed by atoms with Gasteiger partial charge in [0.25, 0.3) is 0 Å². The SMILES string of the molecule is CC1(C)c2ccc(N(c3ccc(-c4ccccc4)cc3)c3ccc(-c4ccccc4)cc3)cc2-c2c1cc1c(c2-c2ccccc2)-c2ccccc2C12c1ccccc1-c1ccccc12. The number of nitrogens with zero attached hydrogens (tertiary/aromatic N) is 1. The quantitative estimate of drug-likeness (QED) is 0.161. The molecule has 0 aromatic heterocycles. The molecule has 1 heteroatoms. The molecule has 0 atom stereocenters. The minimum absolute atomic E-state index is 0.269. The van der Waals surface area contributed by atoms with Gasteiger partial charge in [-0.1, -0.05) is 214 Å². The van der Waals surface area contributed by atoms with Crippen LogP contribution in [0.1, 0.15) is 47.2 Å². The summed E-state index contributed by atoms with van der Waals surface area (Å²) in [6.07, 6.45) is 0. The predicted octanol–water partition coefficient (Wildman–Crippen LogP) is 16.8. The lowest BCUT2D eigenvalue weighted by molar-refractivity contribution is 0.657. The van der Waals surface area contributed by atoms with E-state index < -0.39 is 5.41 Å². The van der Waals surface area contributed by atoms with Crippen molar-refractivity contribution in [2.45, 2.75) is 24.7 Å². The first-order valence-electron chi connectivity index (χ1n) is 22.8. The topological polar surface area (TPSA) is 3.24 Å². The van der Waals surface area contributed by atoms with Crippen molar-refractivity contribution in [1.29, 1.82) is 0 Å². The molecule has 0 radical (unpaired) electrons. The van der Waals surface area contributed by atoms with Crippen molar-refractivity contribution in [3.8, 4) is 66.8 Å². The number of anilines is 3. The van der Waals surface area contributed by atoms with Crippen LogP contribution in [0.15, 0.2) is 237 Å². The van der Waals surface area contributed by atoms with Crippen LogP contribution < -0.4 is 4.90 Å². The lowest BCUT2D eigenvalue weighted by Gasteiger charge is -2.32. The van der Waals surface area contributed by atoms with E-state index in [4.69, 9.17) is 0 Å². The highest BCUT2D eigenvalue weighted by Crippen LogP contribution is 2.67. The molecule has 3 aliphatic carbocycles. The summed E-state index contributed by atoms with van der Waals surface area (Å²) in [6, 6.07) is 88.0. The summed E-state index contributed by atoms with van der Waals surface area (Å²) in [7, 11) is 0. The fraction of sp³-hybridized carbons (Fsp3) is 0.0625. The molecule has 3 aliphatic rings. The molecule has 306 valence electrons. The van der Waals surface area contributed by atoms with E-state index in [0.717, 1.165) is 17.1 Å². The first-order chi connectivity index (χ1) is 32.0. The van der Waals surface area contributed by atoms with Gasteiger partial charge in [0.05, 0.1) is 5.41 Å². The largest absolute Gasteiger partial charge is 0.310 e. The second kappa shape index (κ2) is 14.3. The molecule has 10 aromatic carbocycles. The molecule has 0 saturated carbocycles. The molecule has 0 bridgehead atoms. The Morgan fingerprint density at radius 1 is 0.262 bits per heavy atom. The summed E-state index contributed by atoms with van der Waals surface area (Å²) in [6.45, 7) is 4.87. The van der Waals surface area contributed by atoms with E-state index in [1.54, 1.807) is 0 Å². The summed E-state index contributed by atoms with van der Waals surface area (Å²) in [5.74, 6) is 0. The summed E-state index contributed by atoms with van der Waals surface area (Å²) >= 11 is 0. The molecule has 1 spiro atoms. The second-order valence-electron chi connectivity index (χ2n) is 18.4. The van der Waals surface area contributed by atoms with Crippen molar-refractivity contribution in [3.05, 3.63) is 270 Å². The maximum atomic E-state index is 2.62. The molecule has 0 fully saturated rings. The molecule has 10 aromatic rings. The molecular weight excluding hydrogens is 783 g/mol. The van der Waals surface area contributed by atoms with E-state index in [1.807, 2.05) is 0 Å². The lowest BCUT2D eigenvalue weighted by Crippen LogP contribution is -2.26. The van der Waals surface area contributed by atoms with Crippen LogP contribution in [0.2, 0.25) is 0 Å².